The summed E-state index contributed by atoms with van der Waals surface area (Å²) in [6, 6.07) is 10.1. The molecule has 1 aromatic carbocycles. The van der Waals surface area contributed by atoms with Crippen molar-refractivity contribution in [2.45, 2.75) is 18.2 Å². The zero-order chi connectivity index (χ0) is 13.9. The molecule has 0 atom stereocenters. The van der Waals surface area contributed by atoms with E-state index in [1.807, 2.05) is 33.8 Å². The van der Waals surface area contributed by atoms with Crippen molar-refractivity contribution in [1.29, 1.82) is 0 Å². The molecule has 1 N–H and O–H groups in total. The van der Waals surface area contributed by atoms with Gasteiger partial charge in [-0.25, -0.2) is 13.1 Å². The lowest BCUT2D eigenvalue weighted by molar-refractivity contribution is -0.119. The van der Waals surface area contributed by atoms with Crippen LogP contribution in [-0.4, -0.2) is 18.9 Å². The molecule has 0 unspecified atom stereocenters. The molecule has 0 aliphatic heterocycles. The van der Waals surface area contributed by atoms with Crippen LogP contribution in [0.15, 0.2) is 53.7 Å². The van der Waals surface area contributed by atoms with E-state index in [4.69, 9.17) is 0 Å². The molecule has 0 saturated carbocycles. The van der Waals surface area contributed by atoms with Crippen LogP contribution >= 0.6 is 0 Å². The fraction of sp³-hybridized carbons (Fsp3) is 0.154. The van der Waals surface area contributed by atoms with E-state index in [1.54, 1.807) is 19.1 Å². The lowest BCUT2D eigenvalue weighted by Gasteiger charge is -2.07. The Kier molecular flexibility index (Phi) is 3.71. The van der Waals surface area contributed by atoms with Crippen LogP contribution in [-0.2, 0) is 14.8 Å². The van der Waals surface area contributed by atoms with Crippen LogP contribution in [0.25, 0.3) is 5.69 Å². The van der Waals surface area contributed by atoms with Crippen molar-refractivity contribution in [1.82, 2.24) is 9.29 Å². The van der Waals surface area contributed by atoms with Crippen molar-refractivity contribution in [3.63, 3.8) is 0 Å². The number of carbonyl (C=O) groups is 1. The van der Waals surface area contributed by atoms with Crippen molar-refractivity contribution in [3.8, 4) is 5.69 Å². The molecule has 6 heteroatoms. The number of amides is 1. The summed E-state index contributed by atoms with van der Waals surface area (Å²) in [5, 5.41) is 0. The van der Waals surface area contributed by atoms with Crippen molar-refractivity contribution < 1.29 is 13.2 Å². The van der Waals surface area contributed by atoms with Crippen LogP contribution in [0.5, 0.6) is 0 Å². The number of rotatable bonds is 4. The third-order valence-electron chi connectivity index (χ3n) is 2.62. The van der Waals surface area contributed by atoms with E-state index in [0.29, 0.717) is 0 Å². The Hall–Kier alpha value is -2.08. The van der Waals surface area contributed by atoms with E-state index in [2.05, 4.69) is 0 Å². The number of aromatic nitrogens is 1. The number of nitrogens with one attached hydrogen (secondary N) is 1. The number of hydrogen-bond donors (Lipinski definition) is 1. The molecule has 5 nitrogen and oxygen atoms in total. The molecule has 0 radical (unpaired) electrons. The van der Waals surface area contributed by atoms with Crippen LogP contribution in [0.2, 0.25) is 0 Å². The summed E-state index contributed by atoms with van der Waals surface area (Å²) in [4.78, 5) is 11.2. The summed E-state index contributed by atoms with van der Waals surface area (Å²) in [5.41, 5.74) is 0.853. The van der Waals surface area contributed by atoms with Gasteiger partial charge in [0.25, 0.3) is 10.0 Å². The van der Waals surface area contributed by atoms with E-state index in [1.165, 1.54) is 12.1 Å². The maximum Gasteiger partial charge on any atom is 0.264 e. The predicted octanol–water partition coefficient (Wildman–Crippen LogP) is 1.69. The Balaban J connectivity index is 2.25. The molecule has 19 heavy (non-hydrogen) atoms. The van der Waals surface area contributed by atoms with Crippen LogP contribution in [0.3, 0.4) is 0 Å². The van der Waals surface area contributed by atoms with E-state index in [9.17, 15) is 13.2 Å². The van der Waals surface area contributed by atoms with Gasteiger partial charge in [0.2, 0.25) is 5.91 Å². The first-order chi connectivity index (χ1) is 9.03. The molecule has 2 aromatic rings. The standard InChI is InChI=1S/C13H14N2O3S/c1-2-13(16)14-19(17,18)12-7-5-11(6-8-12)15-9-3-4-10-15/h3-10H,2H2,1H3,(H,14,16). The minimum absolute atomic E-state index is 0.0743. The van der Waals surface area contributed by atoms with Gasteiger partial charge in [-0.15, -0.1) is 0 Å². The van der Waals surface area contributed by atoms with Gasteiger partial charge in [0.15, 0.2) is 0 Å². The van der Waals surface area contributed by atoms with Gasteiger partial charge in [0.1, 0.15) is 0 Å². The molecule has 2 rings (SSSR count). The van der Waals surface area contributed by atoms with Gasteiger partial charge in [-0.2, -0.15) is 0 Å². The summed E-state index contributed by atoms with van der Waals surface area (Å²) in [6.07, 6.45) is 3.85. The zero-order valence-corrected chi connectivity index (χ0v) is 11.2. The first-order valence-electron chi connectivity index (χ1n) is 5.82. The second-order valence-electron chi connectivity index (χ2n) is 3.97. The Bertz CT molecular complexity index is 658. The number of nitrogens with zero attached hydrogens (tertiary/aromatic N) is 1. The fourth-order valence-corrected chi connectivity index (χ4v) is 2.64. The molecule has 0 bridgehead atoms. The molecular weight excluding hydrogens is 264 g/mol. The number of hydrogen-bond acceptors (Lipinski definition) is 3. The molecule has 0 fully saturated rings. The maximum absolute atomic E-state index is 11.9. The smallest absolute Gasteiger partial charge is 0.264 e. The van der Waals surface area contributed by atoms with Gasteiger partial charge in [-0.1, -0.05) is 6.92 Å². The SMILES string of the molecule is CCC(=O)NS(=O)(=O)c1ccc(-n2cccc2)cc1. The molecule has 1 aromatic heterocycles. The Morgan fingerprint density at radius 2 is 1.74 bits per heavy atom. The highest BCUT2D eigenvalue weighted by molar-refractivity contribution is 7.90. The largest absolute Gasteiger partial charge is 0.324 e. The van der Waals surface area contributed by atoms with Gasteiger partial charge in [0, 0.05) is 24.5 Å². The van der Waals surface area contributed by atoms with E-state index in [-0.39, 0.29) is 11.3 Å². The lowest BCUT2D eigenvalue weighted by Crippen LogP contribution is -2.29. The average molecular weight is 278 g/mol. The first-order valence-corrected chi connectivity index (χ1v) is 7.30. The monoisotopic (exact) mass is 278 g/mol. The zero-order valence-electron chi connectivity index (χ0n) is 10.4. The molecular formula is C13H14N2O3S. The van der Waals surface area contributed by atoms with E-state index < -0.39 is 15.9 Å². The maximum atomic E-state index is 11.9. The number of sulfonamides is 1. The third kappa shape index (κ3) is 3.03. The molecule has 0 spiro atoms. The molecule has 0 saturated heterocycles. The minimum atomic E-state index is -3.77. The van der Waals surface area contributed by atoms with Crippen LogP contribution < -0.4 is 4.72 Å². The molecule has 0 aliphatic rings. The highest BCUT2D eigenvalue weighted by Crippen LogP contribution is 2.13. The quantitative estimate of drug-likeness (QED) is 0.925. The highest BCUT2D eigenvalue weighted by atomic mass is 32.2. The molecule has 100 valence electrons. The van der Waals surface area contributed by atoms with Crippen molar-refractivity contribution in [2.24, 2.45) is 0 Å². The minimum Gasteiger partial charge on any atom is -0.324 e. The van der Waals surface area contributed by atoms with Crippen LogP contribution in [0.1, 0.15) is 13.3 Å². The third-order valence-corrected chi connectivity index (χ3v) is 4.01. The van der Waals surface area contributed by atoms with E-state index >= 15 is 0 Å². The second-order valence-corrected chi connectivity index (χ2v) is 5.65. The summed E-state index contributed by atoms with van der Waals surface area (Å²) >= 11 is 0. The van der Waals surface area contributed by atoms with Gasteiger partial charge in [0.05, 0.1) is 4.90 Å². The van der Waals surface area contributed by atoms with Gasteiger partial charge in [-0.05, 0) is 36.4 Å². The Morgan fingerprint density at radius 1 is 1.16 bits per heavy atom. The van der Waals surface area contributed by atoms with Crippen LogP contribution in [0, 0.1) is 0 Å². The normalized spacial score (nSPS) is 11.2. The van der Waals surface area contributed by atoms with Crippen molar-refractivity contribution in [2.75, 3.05) is 0 Å². The fourth-order valence-electron chi connectivity index (χ4n) is 1.59. The average Bonchev–Trinajstić information content (AvgIpc) is 2.92. The summed E-state index contributed by atoms with van der Waals surface area (Å²) < 4.78 is 27.6. The Labute approximate surface area is 111 Å². The van der Waals surface area contributed by atoms with Crippen molar-refractivity contribution in [3.05, 3.63) is 48.8 Å². The van der Waals surface area contributed by atoms with E-state index in [0.717, 1.165) is 5.69 Å². The topological polar surface area (TPSA) is 68.2 Å². The first kappa shape index (κ1) is 13.4. The number of benzene rings is 1. The summed E-state index contributed by atoms with van der Waals surface area (Å²) in [5.74, 6) is -0.519. The van der Waals surface area contributed by atoms with Crippen molar-refractivity contribution >= 4 is 15.9 Å². The highest BCUT2D eigenvalue weighted by Gasteiger charge is 2.16. The summed E-state index contributed by atoms with van der Waals surface area (Å²) in [7, 11) is -3.77. The van der Waals surface area contributed by atoms with Crippen LogP contribution in [0.4, 0.5) is 0 Å². The number of carbonyl (C=O) groups excluding carboxylic acids is 1. The van der Waals surface area contributed by atoms with Gasteiger partial charge < -0.3 is 4.57 Å². The lowest BCUT2D eigenvalue weighted by atomic mass is 10.3. The van der Waals surface area contributed by atoms with Gasteiger partial charge >= 0.3 is 0 Å². The molecule has 1 amide bonds. The molecule has 1 heterocycles. The summed E-state index contributed by atoms with van der Waals surface area (Å²) in [6.45, 7) is 1.60. The molecule has 0 aliphatic carbocycles. The van der Waals surface area contributed by atoms with Gasteiger partial charge in [-0.3, -0.25) is 4.79 Å². The Morgan fingerprint density at radius 3 is 2.26 bits per heavy atom. The second kappa shape index (κ2) is 5.27. The predicted molar refractivity (Wildman–Crippen MR) is 71.4 cm³/mol.